The average molecular weight is 279 g/mol. The van der Waals surface area contributed by atoms with Gasteiger partial charge in [-0.2, -0.15) is 0 Å². The number of nitrogens with one attached hydrogen (secondary N) is 1. The summed E-state index contributed by atoms with van der Waals surface area (Å²) in [7, 11) is 3.63. The number of ether oxygens (including phenoxy) is 1. The fraction of sp³-hybridized carbons (Fsp3) is 0.176. The van der Waals surface area contributed by atoms with Gasteiger partial charge in [-0.15, -0.1) is 0 Å². The summed E-state index contributed by atoms with van der Waals surface area (Å²) in [5.74, 6) is 0.871. The third-order valence-corrected chi connectivity index (χ3v) is 3.57. The minimum absolute atomic E-state index is 0.0487. The highest BCUT2D eigenvalue weighted by atomic mass is 16.5. The molecular weight excluding hydrogens is 262 g/mol. The van der Waals surface area contributed by atoms with Crippen LogP contribution in [0, 0.1) is 0 Å². The Morgan fingerprint density at radius 1 is 1.00 bits per heavy atom. The lowest BCUT2D eigenvalue weighted by atomic mass is 9.97. The standard InChI is InChI=1S/C17H17N3O/c1-18-17(13-5-3-4-6-16(13)21-2)12-7-8-14-15(11-12)20-10-9-19-14/h3-11,17-18H,1-2H3. The van der Waals surface area contributed by atoms with E-state index in [1.165, 1.54) is 0 Å². The number of aromatic nitrogens is 2. The van der Waals surface area contributed by atoms with E-state index < -0.39 is 0 Å². The molecule has 4 heteroatoms. The van der Waals surface area contributed by atoms with E-state index in [9.17, 15) is 0 Å². The number of fused-ring (bicyclic) bond motifs is 1. The van der Waals surface area contributed by atoms with Crippen LogP contribution in [0.15, 0.2) is 54.9 Å². The van der Waals surface area contributed by atoms with Crippen molar-refractivity contribution >= 4 is 11.0 Å². The summed E-state index contributed by atoms with van der Waals surface area (Å²) in [6.07, 6.45) is 3.42. The summed E-state index contributed by atoms with van der Waals surface area (Å²) in [4.78, 5) is 8.68. The third-order valence-electron chi connectivity index (χ3n) is 3.57. The van der Waals surface area contributed by atoms with Crippen molar-refractivity contribution in [2.24, 2.45) is 0 Å². The Balaban J connectivity index is 2.09. The molecule has 0 radical (unpaired) electrons. The molecule has 1 N–H and O–H groups in total. The maximum atomic E-state index is 5.47. The summed E-state index contributed by atoms with van der Waals surface area (Å²) in [6.45, 7) is 0. The summed E-state index contributed by atoms with van der Waals surface area (Å²) in [5.41, 5.74) is 4.03. The van der Waals surface area contributed by atoms with Gasteiger partial charge in [-0.1, -0.05) is 24.3 Å². The van der Waals surface area contributed by atoms with E-state index in [4.69, 9.17) is 4.74 Å². The molecule has 1 heterocycles. The molecule has 2 aromatic carbocycles. The molecule has 0 saturated carbocycles. The monoisotopic (exact) mass is 279 g/mol. The molecule has 106 valence electrons. The number of nitrogens with zero attached hydrogens (tertiary/aromatic N) is 2. The van der Waals surface area contributed by atoms with Gasteiger partial charge in [0.05, 0.1) is 24.2 Å². The number of para-hydroxylation sites is 1. The first-order chi connectivity index (χ1) is 10.3. The zero-order chi connectivity index (χ0) is 14.7. The molecule has 1 unspecified atom stereocenters. The molecule has 21 heavy (non-hydrogen) atoms. The van der Waals surface area contributed by atoms with E-state index in [0.717, 1.165) is 27.9 Å². The van der Waals surface area contributed by atoms with E-state index in [2.05, 4.69) is 33.5 Å². The Morgan fingerprint density at radius 3 is 2.52 bits per heavy atom. The van der Waals surface area contributed by atoms with Crippen molar-refractivity contribution in [2.45, 2.75) is 6.04 Å². The van der Waals surface area contributed by atoms with Gasteiger partial charge in [0.25, 0.3) is 0 Å². The Hall–Kier alpha value is -2.46. The van der Waals surface area contributed by atoms with Crippen LogP contribution >= 0.6 is 0 Å². The van der Waals surface area contributed by atoms with Gasteiger partial charge >= 0.3 is 0 Å². The molecule has 0 bridgehead atoms. The lowest BCUT2D eigenvalue weighted by Crippen LogP contribution is -2.18. The highest BCUT2D eigenvalue weighted by molar-refractivity contribution is 5.74. The molecule has 3 aromatic rings. The molecule has 0 spiro atoms. The number of rotatable bonds is 4. The Kier molecular flexibility index (Phi) is 3.79. The fourth-order valence-corrected chi connectivity index (χ4v) is 2.57. The van der Waals surface area contributed by atoms with Crippen molar-refractivity contribution in [3.05, 3.63) is 66.0 Å². The van der Waals surface area contributed by atoms with Crippen LogP contribution in [0.2, 0.25) is 0 Å². The SMILES string of the molecule is CNC(c1ccc2nccnc2c1)c1ccccc1OC. The number of methoxy groups -OCH3 is 1. The zero-order valence-corrected chi connectivity index (χ0v) is 12.1. The van der Waals surface area contributed by atoms with Crippen LogP contribution in [0.5, 0.6) is 5.75 Å². The van der Waals surface area contributed by atoms with Crippen molar-refractivity contribution in [2.75, 3.05) is 14.2 Å². The summed E-state index contributed by atoms with van der Waals surface area (Å²) in [6, 6.07) is 14.2. The van der Waals surface area contributed by atoms with E-state index in [0.29, 0.717) is 0 Å². The first kappa shape index (κ1) is 13.5. The minimum atomic E-state index is 0.0487. The van der Waals surface area contributed by atoms with Crippen molar-refractivity contribution < 1.29 is 4.74 Å². The number of hydrogen-bond donors (Lipinski definition) is 1. The molecule has 1 aromatic heterocycles. The minimum Gasteiger partial charge on any atom is -0.496 e. The summed E-state index contributed by atoms with van der Waals surface area (Å²) < 4.78 is 5.47. The fourth-order valence-electron chi connectivity index (χ4n) is 2.57. The topological polar surface area (TPSA) is 47.0 Å². The predicted molar refractivity (Wildman–Crippen MR) is 83.4 cm³/mol. The Bertz CT molecular complexity index is 758. The highest BCUT2D eigenvalue weighted by Crippen LogP contribution is 2.30. The second-order valence-electron chi connectivity index (χ2n) is 4.77. The maximum Gasteiger partial charge on any atom is 0.123 e. The van der Waals surface area contributed by atoms with Crippen molar-refractivity contribution in [3.8, 4) is 5.75 Å². The van der Waals surface area contributed by atoms with E-state index in [-0.39, 0.29) is 6.04 Å². The average Bonchev–Trinajstić information content (AvgIpc) is 2.56. The first-order valence-electron chi connectivity index (χ1n) is 6.84. The van der Waals surface area contributed by atoms with Crippen LogP contribution in [-0.4, -0.2) is 24.1 Å². The quantitative estimate of drug-likeness (QED) is 0.797. The van der Waals surface area contributed by atoms with Gasteiger partial charge in [-0.25, -0.2) is 0 Å². The molecule has 0 amide bonds. The molecule has 3 rings (SSSR count). The van der Waals surface area contributed by atoms with Crippen LogP contribution in [0.25, 0.3) is 11.0 Å². The molecule has 0 aliphatic carbocycles. The van der Waals surface area contributed by atoms with Crippen molar-refractivity contribution in [3.63, 3.8) is 0 Å². The van der Waals surface area contributed by atoms with Crippen LogP contribution < -0.4 is 10.1 Å². The highest BCUT2D eigenvalue weighted by Gasteiger charge is 2.16. The van der Waals surface area contributed by atoms with Crippen LogP contribution in [0.3, 0.4) is 0 Å². The Labute approximate surface area is 123 Å². The molecular formula is C17H17N3O. The molecule has 0 aliphatic heterocycles. The van der Waals surface area contributed by atoms with Gasteiger partial charge in [0.15, 0.2) is 0 Å². The van der Waals surface area contributed by atoms with E-state index in [1.807, 2.05) is 31.3 Å². The number of hydrogen-bond acceptors (Lipinski definition) is 4. The third kappa shape index (κ3) is 2.58. The lowest BCUT2D eigenvalue weighted by Gasteiger charge is -2.20. The molecule has 0 saturated heterocycles. The lowest BCUT2D eigenvalue weighted by molar-refractivity contribution is 0.405. The summed E-state index contributed by atoms with van der Waals surface area (Å²) in [5, 5.41) is 3.35. The first-order valence-corrected chi connectivity index (χ1v) is 6.84. The van der Waals surface area contributed by atoms with E-state index >= 15 is 0 Å². The largest absolute Gasteiger partial charge is 0.496 e. The van der Waals surface area contributed by atoms with Crippen LogP contribution in [0.4, 0.5) is 0 Å². The molecule has 0 fully saturated rings. The van der Waals surface area contributed by atoms with Crippen LogP contribution in [-0.2, 0) is 0 Å². The second kappa shape index (κ2) is 5.89. The number of benzene rings is 2. The zero-order valence-electron chi connectivity index (χ0n) is 12.1. The normalized spacial score (nSPS) is 12.3. The van der Waals surface area contributed by atoms with Crippen LogP contribution in [0.1, 0.15) is 17.2 Å². The Morgan fingerprint density at radius 2 is 1.76 bits per heavy atom. The van der Waals surface area contributed by atoms with Gasteiger partial charge in [-0.3, -0.25) is 9.97 Å². The predicted octanol–water partition coefficient (Wildman–Crippen LogP) is 2.95. The van der Waals surface area contributed by atoms with Gasteiger partial charge in [0.1, 0.15) is 5.75 Å². The maximum absolute atomic E-state index is 5.47. The van der Waals surface area contributed by atoms with Crippen molar-refractivity contribution in [1.29, 1.82) is 0 Å². The molecule has 1 atom stereocenters. The molecule has 4 nitrogen and oxygen atoms in total. The van der Waals surface area contributed by atoms with Gasteiger partial charge in [-0.05, 0) is 30.8 Å². The second-order valence-corrected chi connectivity index (χ2v) is 4.77. The molecule has 0 aliphatic rings. The summed E-state index contributed by atoms with van der Waals surface area (Å²) >= 11 is 0. The van der Waals surface area contributed by atoms with Gasteiger partial charge < -0.3 is 10.1 Å². The van der Waals surface area contributed by atoms with Gasteiger partial charge in [0.2, 0.25) is 0 Å². The smallest absolute Gasteiger partial charge is 0.123 e. The van der Waals surface area contributed by atoms with Crippen molar-refractivity contribution in [1.82, 2.24) is 15.3 Å². The van der Waals surface area contributed by atoms with E-state index in [1.54, 1.807) is 19.5 Å². The van der Waals surface area contributed by atoms with Gasteiger partial charge in [0, 0.05) is 18.0 Å².